The Balaban J connectivity index is 1.65. The van der Waals surface area contributed by atoms with Crippen LogP contribution in [0, 0.1) is 0 Å². The summed E-state index contributed by atoms with van der Waals surface area (Å²) in [6.07, 6.45) is 1.51. The van der Waals surface area contributed by atoms with Crippen LogP contribution in [0.3, 0.4) is 0 Å². The van der Waals surface area contributed by atoms with E-state index in [2.05, 4.69) is 10.5 Å². The summed E-state index contributed by atoms with van der Waals surface area (Å²) in [6, 6.07) is 14.4. The van der Waals surface area contributed by atoms with E-state index in [9.17, 15) is 9.59 Å². The fourth-order valence-electron chi connectivity index (χ4n) is 2.81. The first-order valence-electron chi connectivity index (χ1n) is 8.48. The molecule has 1 aliphatic heterocycles. The minimum Gasteiger partial charge on any atom is -0.497 e. The Labute approximate surface area is 152 Å². The van der Waals surface area contributed by atoms with Gasteiger partial charge in [-0.15, -0.1) is 0 Å². The van der Waals surface area contributed by atoms with Gasteiger partial charge in [-0.05, 0) is 55.3 Å². The van der Waals surface area contributed by atoms with E-state index in [0.717, 1.165) is 24.2 Å². The largest absolute Gasteiger partial charge is 0.497 e. The van der Waals surface area contributed by atoms with E-state index in [-0.39, 0.29) is 11.8 Å². The zero-order valence-electron chi connectivity index (χ0n) is 14.9. The molecule has 1 aliphatic rings. The fraction of sp³-hybridized carbons (Fsp3) is 0.250. The van der Waals surface area contributed by atoms with E-state index in [1.165, 1.54) is 0 Å². The molecule has 1 N–H and O–H groups in total. The van der Waals surface area contributed by atoms with Crippen LogP contribution in [0.4, 0.5) is 5.69 Å². The lowest BCUT2D eigenvalue weighted by Gasteiger charge is -2.15. The van der Waals surface area contributed by atoms with Crippen molar-refractivity contribution >= 4 is 23.2 Å². The van der Waals surface area contributed by atoms with E-state index >= 15 is 0 Å². The van der Waals surface area contributed by atoms with Crippen molar-refractivity contribution in [3.8, 4) is 5.75 Å². The first-order chi connectivity index (χ1) is 12.6. The van der Waals surface area contributed by atoms with Crippen LogP contribution < -0.4 is 15.1 Å². The molecule has 26 heavy (non-hydrogen) atoms. The maximum absolute atomic E-state index is 12.1. The molecule has 0 spiro atoms. The summed E-state index contributed by atoms with van der Waals surface area (Å²) in [5.74, 6) is 0.569. The number of methoxy groups -OCH3 is 1. The van der Waals surface area contributed by atoms with Gasteiger partial charge in [-0.2, -0.15) is 5.10 Å². The summed E-state index contributed by atoms with van der Waals surface area (Å²) in [4.78, 5) is 25.7. The number of benzene rings is 2. The van der Waals surface area contributed by atoms with Crippen LogP contribution in [-0.2, 0) is 4.79 Å². The van der Waals surface area contributed by atoms with Crippen molar-refractivity contribution in [3.63, 3.8) is 0 Å². The minimum absolute atomic E-state index is 0.162. The summed E-state index contributed by atoms with van der Waals surface area (Å²) in [6.45, 7) is 2.59. The van der Waals surface area contributed by atoms with Crippen molar-refractivity contribution in [2.45, 2.75) is 19.8 Å². The van der Waals surface area contributed by atoms with Gasteiger partial charge in [-0.1, -0.05) is 12.1 Å². The third kappa shape index (κ3) is 3.91. The Kier molecular flexibility index (Phi) is 5.31. The lowest BCUT2D eigenvalue weighted by atomic mass is 10.1. The molecule has 6 nitrogen and oxygen atoms in total. The van der Waals surface area contributed by atoms with Gasteiger partial charge in [-0.3, -0.25) is 9.59 Å². The maximum atomic E-state index is 12.1. The molecule has 0 aromatic heterocycles. The van der Waals surface area contributed by atoms with Crippen LogP contribution >= 0.6 is 0 Å². The number of ether oxygens (including phenoxy) is 1. The summed E-state index contributed by atoms with van der Waals surface area (Å²) < 4.78 is 5.07. The molecule has 1 saturated heterocycles. The molecule has 1 heterocycles. The molecule has 0 bridgehead atoms. The highest BCUT2D eigenvalue weighted by molar-refractivity contribution is 6.01. The number of nitrogens with zero attached hydrogens (tertiary/aromatic N) is 2. The molecule has 6 heteroatoms. The number of carbonyl (C=O) groups is 2. The van der Waals surface area contributed by atoms with Gasteiger partial charge in [0.15, 0.2) is 0 Å². The molecule has 134 valence electrons. The van der Waals surface area contributed by atoms with Crippen molar-refractivity contribution < 1.29 is 14.3 Å². The van der Waals surface area contributed by atoms with Gasteiger partial charge in [-0.25, -0.2) is 5.43 Å². The molecular weight excluding hydrogens is 330 g/mol. The van der Waals surface area contributed by atoms with Gasteiger partial charge in [0.1, 0.15) is 5.75 Å². The van der Waals surface area contributed by atoms with Gasteiger partial charge in [0.05, 0.1) is 12.8 Å². The third-order valence-corrected chi connectivity index (χ3v) is 4.35. The van der Waals surface area contributed by atoms with Crippen molar-refractivity contribution in [2.24, 2.45) is 5.10 Å². The van der Waals surface area contributed by atoms with Crippen molar-refractivity contribution in [1.29, 1.82) is 0 Å². The Morgan fingerprint density at radius 3 is 2.31 bits per heavy atom. The molecule has 0 radical (unpaired) electrons. The first kappa shape index (κ1) is 17.7. The van der Waals surface area contributed by atoms with Crippen LogP contribution in [0.25, 0.3) is 0 Å². The van der Waals surface area contributed by atoms with Crippen LogP contribution in [0.5, 0.6) is 5.75 Å². The van der Waals surface area contributed by atoms with Crippen LogP contribution in [-0.4, -0.2) is 31.2 Å². The lowest BCUT2D eigenvalue weighted by molar-refractivity contribution is -0.117. The molecule has 2 aromatic carbocycles. The zero-order valence-corrected chi connectivity index (χ0v) is 14.9. The molecule has 1 fully saturated rings. The van der Waals surface area contributed by atoms with Crippen molar-refractivity contribution in [2.75, 3.05) is 18.6 Å². The van der Waals surface area contributed by atoms with Gasteiger partial charge < -0.3 is 9.64 Å². The Hall–Kier alpha value is -3.15. The fourth-order valence-corrected chi connectivity index (χ4v) is 2.81. The summed E-state index contributed by atoms with van der Waals surface area (Å²) >= 11 is 0. The van der Waals surface area contributed by atoms with E-state index in [0.29, 0.717) is 23.4 Å². The average Bonchev–Trinajstić information content (AvgIpc) is 3.12. The number of amides is 2. The molecule has 0 saturated carbocycles. The SMILES string of the molecule is COc1ccc(C(=O)N/N=C(/C)c2ccc(N3CCCC3=O)cc2)cc1. The molecule has 0 atom stereocenters. The number of carbonyl (C=O) groups excluding carboxylic acids is 2. The highest BCUT2D eigenvalue weighted by atomic mass is 16.5. The van der Waals surface area contributed by atoms with Gasteiger partial charge in [0.2, 0.25) is 5.91 Å². The molecule has 2 amide bonds. The Bertz CT molecular complexity index is 826. The van der Waals surface area contributed by atoms with Gasteiger partial charge in [0, 0.05) is 24.2 Å². The Morgan fingerprint density at radius 2 is 1.73 bits per heavy atom. The number of hydrazone groups is 1. The van der Waals surface area contributed by atoms with Crippen LogP contribution in [0.15, 0.2) is 53.6 Å². The van der Waals surface area contributed by atoms with E-state index < -0.39 is 0 Å². The molecule has 0 aliphatic carbocycles. The van der Waals surface area contributed by atoms with E-state index in [1.54, 1.807) is 36.3 Å². The molecule has 3 rings (SSSR count). The monoisotopic (exact) mass is 351 g/mol. The normalized spacial score (nSPS) is 14.5. The highest BCUT2D eigenvalue weighted by Crippen LogP contribution is 2.21. The number of rotatable bonds is 5. The van der Waals surface area contributed by atoms with E-state index in [4.69, 9.17) is 4.74 Å². The molecule has 0 unspecified atom stereocenters. The lowest BCUT2D eigenvalue weighted by Crippen LogP contribution is -2.23. The predicted octanol–water partition coefficient (Wildman–Crippen LogP) is 2.98. The second kappa shape index (κ2) is 7.82. The average molecular weight is 351 g/mol. The Morgan fingerprint density at radius 1 is 1.08 bits per heavy atom. The van der Waals surface area contributed by atoms with Crippen molar-refractivity contribution in [3.05, 3.63) is 59.7 Å². The minimum atomic E-state index is -0.286. The number of hydrogen-bond donors (Lipinski definition) is 1. The van der Waals surface area contributed by atoms with E-state index in [1.807, 2.05) is 31.2 Å². The van der Waals surface area contributed by atoms with Crippen LogP contribution in [0.2, 0.25) is 0 Å². The summed E-state index contributed by atoms with van der Waals surface area (Å²) in [7, 11) is 1.58. The standard InChI is InChI=1S/C20H21N3O3/c1-14(21-22-20(25)16-7-11-18(26-2)12-8-16)15-5-9-17(10-6-15)23-13-3-4-19(23)24/h5-12H,3-4,13H2,1-2H3,(H,22,25)/b21-14-. The summed E-state index contributed by atoms with van der Waals surface area (Å²) in [5.41, 5.74) is 5.53. The van der Waals surface area contributed by atoms with Gasteiger partial charge >= 0.3 is 0 Å². The first-order valence-corrected chi connectivity index (χ1v) is 8.48. The third-order valence-electron chi connectivity index (χ3n) is 4.35. The second-order valence-electron chi connectivity index (χ2n) is 6.06. The predicted molar refractivity (Wildman–Crippen MR) is 101 cm³/mol. The van der Waals surface area contributed by atoms with Crippen molar-refractivity contribution in [1.82, 2.24) is 5.43 Å². The number of anilines is 1. The summed E-state index contributed by atoms with van der Waals surface area (Å²) in [5, 5.41) is 4.16. The second-order valence-corrected chi connectivity index (χ2v) is 6.06. The zero-order chi connectivity index (χ0) is 18.5. The number of hydrogen-bond acceptors (Lipinski definition) is 4. The number of nitrogens with one attached hydrogen (secondary N) is 1. The maximum Gasteiger partial charge on any atom is 0.271 e. The molecular formula is C20H21N3O3. The van der Waals surface area contributed by atoms with Crippen LogP contribution in [0.1, 0.15) is 35.7 Å². The van der Waals surface area contributed by atoms with Gasteiger partial charge in [0.25, 0.3) is 5.91 Å². The quantitative estimate of drug-likeness (QED) is 0.665. The highest BCUT2D eigenvalue weighted by Gasteiger charge is 2.21. The smallest absolute Gasteiger partial charge is 0.271 e. The molecule has 2 aromatic rings. The topological polar surface area (TPSA) is 71.0 Å².